The summed E-state index contributed by atoms with van der Waals surface area (Å²) in [5, 5.41) is 0. The molecule has 7 heteroatoms. The van der Waals surface area contributed by atoms with Gasteiger partial charge in [-0.2, -0.15) is 13.2 Å². The van der Waals surface area contributed by atoms with Crippen LogP contribution in [0.5, 0.6) is 5.75 Å². The Labute approximate surface area is 203 Å². The number of carbonyl (C=O) groups is 1. The first-order valence-electron chi connectivity index (χ1n) is 11.7. The summed E-state index contributed by atoms with van der Waals surface area (Å²) in [7, 11) is 1.56. The maximum atomic E-state index is 13.7. The number of nitrogens with zero attached hydrogens (tertiary/aromatic N) is 2. The Bertz CT molecular complexity index is 1140. The summed E-state index contributed by atoms with van der Waals surface area (Å²) >= 11 is 0. The molecule has 0 atom stereocenters. The molecule has 0 aromatic heterocycles. The van der Waals surface area contributed by atoms with E-state index in [1.165, 1.54) is 0 Å². The van der Waals surface area contributed by atoms with E-state index >= 15 is 0 Å². The van der Waals surface area contributed by atoms with Gasteiger partial charge in [0.1, 0.15) is 5.75 Å². The first-order chi connectivity index (χ1) is 16.8. The van der Waals surface area contributed by atoms with Crippen LogP contribution in [0, 0.1) is 6.92 Å². The Morgan fingerprint density at radius 3 is 2.20 bits per heavy atom. The average Bonchev–Trinajstić information content (AvgIpc) is 2.86. The molecule has 1 saturated heterocycles. The van der Waals surface area contributed by atoms with Gasteiger partial charge in [-0.15, -0.1) is 0 Å². The second-order valence-corrected chi connectivity index (χ2v) is 8.91. The van der Waals surface area contributed by atoms with E-state index in [0.717, 1.165) is 54.9 Å². The van der Waals surface area contributed by atoms with Crippen molar-refractivity contribution in [1.29, 1.82) is 0 Å². The Kier molecular flexibility index (Phi) is 7.45. The largest absolute Gasteiger partial charge is 0.496 e. The quantitative estimate of drug-likeness (QED) is 0.411. The molecule has 184 valence electrons. The highest BCUT2D eigenvalue weighted by atomic mass is 19.4. The predicted octanol–water partition coefficient (Wildman–Crippen LogP) is 6.33. The Hall–Kier alpha value is -3.32. The van der Waals surface area contributed by atoms with Crippen LogP contribution in [-0.4, -0.2) is 37.0 Å². The number of hydrogen-bond donors (Lipinski definition) is 0. The number of amides is 1. The highest BCUT2D eigenvalue weighted by Gasteiger charge is 2.32. The van der Waals surface area contributed by atoms with Crippen molar-refractivity contribution in [3.8, 4) is 5.75 Å². The third-order valence-electron chi connectivity index (χ3n) is 6.48. The first-order valence-corrected chi connectivity index (χ1v) is 11.7. The van der Waals surface area contributed by atoms with Gasteiger partial charge >= 0.3 is 6.18 Å². The van der Waals surface area contributed by atoms with Gasteiger partial charge in [0.2, 0.25) is 0 Å². The number of anilines is 1. The topological polar surface area (TPSA) is 32.8 Å². The molecule has 0 bridgehead atoms. The zero-order valence-corrected chi connectivity index (χ0v) is 19.9. The van der Waals surface area contributed by atoms with E-state index in [9.17, 15) is 18.0 Å². The monoisotopic (exact) mass is 482 g/mol. The van der Waals surface area contributed by atoms with Crippen LogP contribution in [0.2, 0.25) is 0 Å². The number of ether oxygens (including phenoxy) is 1. The SMILES string of the molecule is COc1ccccc1C(=O)N(c1ccc(C)cc1)C1CCN(Cc2ccc(C(F)(F)F)cc2)CC1. The molecule has 0 saturated carbocycles. The maximum absolute atomic E-state index is 13.7. The van der Waals surface area contributed by atoms with Gasteiger partial charge in [-0.3, -0.25) is 9.69 Å². The molecule has 35 heavy (non-hydrogen) atoms. The lowest BCUT2D eigenvalue weighted by Gasteiger charge is -2.39. The highest BCUT2D eigenvalue weighted by Crippen LogP contribution is 2.31. The highest BCUT2D eigenvalue weighted by molar-refractivity contribution is 6.08. The fourth-order valence-corrected chi connectivity index (χ4v) is 4.54. The van der Waals surface area contributed by atoms with E-state index < -0.39 is 11.7 Å². The van der Waals surface area contributed by atoms with Crippen molar-refractivity contribution in [1.82, 2.24) is 4.90 Å². The van der Waals surface area contributed by atoms with Crippen LogP contribution < -0.4 is 9.64 Å². The van der Waals surface area contributed by atoms with Crippen LogP contribution in [-0.2, 0) is 12.7 Å². The van der Waals surface area contributed by atoms with E-state index in [4.69, 9.17) is 4.74 Å². The molecular formula is C28H29F3N2O2. The van der Waals surface area contributed by atoms with Crippen molar-refractivity contribution < 1.29 is 22.7 Å². The first kappa shape index (κ1) is 24.8. The van der Waals surface area contributed by atoms with Crippen LogP contribution in [0.25, 0.3) is 0 Å². The van der Waals surface area contributed by atoms with Crippen LogP contribution in [0.3, 0.4) is 0 Å². The number of likely N-dealkylation sites (tertiary alicyclic amines) is 1. The minimum absolute atomic E-state index is 0.000950. The number of rotatable bonds is 6. The minimum atomic E-state index is -4.33. The van der Waals surface area contributed by atoms with Gasteiger partial charge in [-0.25, -0.2) is 0 Å². The van der Waals surface area contributed by atoms with Crippen molar-refractivity contribution in [2.75, 3.05) is 25.1 Å². The van der Waals surface area contributed by atoms with Crippen molar-refractivity contribution in [3.05, 3.63) is 95.1 Å². The molecule has 1 aliphatic heterocycles. The Balaban J connectivity index is 1.49. The van der Waals surface area contributed by atoms with Crippen molar-refractivity contribution in [2.45, 2.75) is 38.5 Å². The summed E-state index contributed by atoms with van der Waals surface area (Å²) < 4.78 is 44.0. The van der Waals surface area contributed by atoms with Gasteiger partial charge in [-0.1, -0.05) is 42.0 Å². The van der Waals surface area contributed by atoms with Gasteiger partial charge in [0.05, 0.1) is 18.2 Å². The number of methoxy groups -OCH3 is 1. The fourth-order valence-electron chi connectivity index (χ4n) is 4.54. The second kappa shape index (κ2) is 10.5. The van der Waals surface area contributed by atoms with Crippen LogP contribution in [0.1, 0.15) is 39.9 Å². The van der Waals surface area contributed by atoms with Crippen molar-refractivity contribution >= 4 is 11.6 Å². The zero-order valence-electron chi connectivity index (χ0n) is 19.9. The standard InChI is InChI=1S/C28H29F3N2O2/c1-20-7-13-23(14-8-20)33(27(34)25-5-3-4-6-26(25)35-2)24-15-17-32(18-16-24)19-21-9-11-22(12-10-21)28(29,30)31/h3-14,24H,15-19H2,1-2H3. The summed E-state index contributed by atoms with van der Waals surface area (Å²) in [5.74, 6) is 0.432. The molecule has 0 unspecified atom stereocenters. The summed E-state index contributed by atoms with van der Waals surface area (Å²) in [6, 6.07) is 20.5. The third-order valence-corrected chi connectivity index (χ3v) is 6.48. The van der Waals surface area contributed by atoms with Crippen LogP contribution in [0.15, 0.2) is 72.8 Å². The van der Waals surface area contributed by atoms with Crippen molar-refractivity contribution in [3.63, 3.8) is 0 Å². The molecule has 4 rings (SSSR count). The molecule has 1 fully saturated rings. The number of halogens is 3. The van der Waals surface area contributed by atoms with E-state index in [0.29, 0.717) is 17.9 Å². The average molecular weight is 483 g/mol. The van der Waals surface area contributed by atoms with E-state index in [2.05, 4.69) is 4.90 Å². The van der Waals surface area contributed by atoms with Crippen LogP contribution >= 0.6 is 0 Å². The van der Waals surface area contributed by atoms with E-state index in [-0.39, 0.29) is 11.9 Å². The number of benzene rings is 3. The molecule has 0 spiro atoms. The second-order valence-electron chi connectivity index (χ2n) is 8.91. The molecule has 3 aromatic rings. The molecular weight excluding hydrogens is 453 g/mol. The predicted molar refractivity (Wildman–Crippen MR) is 131 cm³/mol. The summed E-state index contributed by atoms with van der Waals surface area (Å²) in [4.78, 5) is 17.8. The molecule has 0 N–H and O–H groups in total. The van der Waals surface area contributed by atoms with Crippen LogP contribution in [0.4, 0.5) is 18.9 Å². The number of piperidine rings is 1. The Morgan fingerprint density at radius 1 is 0.971 bits per heavy atom. The molecule has 1 heterocycles. The van der Waals surface area contributed by atoms with Gasteiger partial charge in [-0.05, 0) is 61.7 Å². The van der Waals surface area contributed by atoms with Gasteiger partial charge in [0, 0.05) is 31.4 Å². The lowest BCUT2D eigenvalue weighted by atomic mass is 9.99. The van der Waals surface area contributed by atoms with Gasteiger partial charge in [0.25, 0.3) is 5.91 Å². The number of alkyl halides is 3. The molecule has 3 aromatic carbocycles. The molecule has 4 nitrogen and oxygen atoms in total. The smallest absolute Gasteiger partial charge is 0.416 e. The fraction of sp³-hybridized carbons (Fsp3) is 0.321. The normalized spacial score (nSPS) is 15.1. The summed E-state index contributed by atoms with van der Waals surface area (Å²) in [5.41, 5.74) is 2.68. The van der Waals surface area contributed by atoms with Gasteiger partial charge in [0.15, 0.2) is 0 Å². The number of para-hydroxylation sites is 1. The molecule has 0 radical (unpaired) electrons. The number of hydrogen-bond acceptors (Lipinski definition) is 3. The molecule has 1 aliphatic rings. The zero-order chi connectivity index (χ0) is 25.0. The maximum Gasteiger partial charge on any atom is 0.416 e. The summed E-state index contributed by atoms with van der Waals surface area (Å²) in [6.07, 6.45) is -2.81. The Morgan fingerprint density at radius 2 is 1.60 bits per heavy atom. The summed E-state index contributed by atoms with van der Waals surface area (Å²) in [6.45, 7) is 4.08. The van der Waals surface area contributed by atoms with Gasteiger partial charge < -0.3 is 9.64 Å². The number of aryl methyl sites for hydroxylation is 1. The van der Waals surface area contributed by atoms with E-state index in [1.54, 1.807) is 31.4 Å². The van der Waals surface area contributed by atoms with Crippen molar-refractivity contribution in [2.24, 2.45) is 0 Å². The molecule has 0 aliphatic carbocycles. The minimum Gasteiger partial charge on any atom is -0.496 e. The number of carbonyl (C=O) groups excluding carboxylic acids is 1. The molecule has 1 amide bonds. The third kappa shape index (κ3) is 5.85. The lowest BCUT2D eigenvalue weighted by molar-refractivity contribution is -0.137. The lowest BCUT2D eigenvalue weighted by Crippen LogP contribution is -2.47. The van der Waals surface area contributed by atoms with E-state index in [1.807, 2.05) is 48.2 Å².